The summed E-state index contributed by atoms with van der Waals surface area (Å²) in [5.41, 5.74) is 2.34. The fourth-order valence-electron chi connectivity index (χ4n) is 1.64. The standard InChI is InChI=1S/C13H12ClN3O2/c1-8-5-10(3-4-12(18)19)6-15-13(8)17-7-11(14)9(2)16-17/h3-7H,1-2H3,(H,18,19)/b4-3+. The zero-order valence-corrected chi connectivity index (χ0v) is 11.2. The summed E-state index contributed by atoms with van der Waals surface area (Å²) in [6, 6.07) is 1.84. The highest BCUT2D eigenvalue weighted by molar-refractivity contribution is 6.31. The Balaban J connectivity index is 2.36. The SMILES string of the molecule is Cc1cc(/C=C/C(=O)O)cnc1-n1cc(Cl)c(C)n1. The van der Waals surface area contributed by atoms with Gasteiger partial charge in [-0.1, -0.05) is 11.6 Å². The highest BCUT2D eigenvalue weighted by Gasteiger charge is 2.08. The monoisotopic (exact) mass is 277 g/mol. The molecule has 2 aromatic heterocycles. The number of hydrogen-bond donors (Lipinski definition) is 1. The largest absolute Gasteiger partial charge is 0.478 e. The Bertz CT molecular complexity index is 642. The lowest BCUT2D eigenvalue weighted by Gasteiger charge is -2.05. The van der Waals surface area contributed by atoms with Gasteiger partial charge in [0.25, 0.3) is 0 Å². The van der Waals surface area contributed by atoms with Crippen molar-refractivity contribution in [1.82, 2.24) is 14.8 Å². The van der Waals surface area contributed by atoms with Crippen LogP contribution in [0.4, 0.5) is 0 Å². The fraction of sp³-hybridized carbons (Fsp3) is 0.154. The number of carboxylic acids is 1. The van der Waals surface area contributed by atoms with E-state index >= 15 is 0 Å². The second-order valence-corrected chi connectivity index (χ2v) is 4.49. The number of aliphatic carboxylic acids is 1. The molecule has 2 rings (SSSR count). The van der Waals surface area contributed by atoms with Crippen LogP contribution in [0, 0.1) is 13.8 Å². The molecule has 0 spiro atoms. The van der Waals surface area contributed by atoms with E-state index in [1.54, 1.807) is 17.1 Å². The highest BCUT2D eigenvalue weighted by atomic mass is 35.5. The first-order chi connectivity index (χ1) is 8.97. The first kappa shape index (κ1) is 13.3. The predicted molar refractivity (Wildman–Crippen MR) is 72.5 cm³/mol. The summed E-state index contributed by atoms with van der Waals surface area (Å²) in [5, 5.41) is 13.4. The van der Waals surface area contributed by atoms with Crippen molar-refractivity contribution in [3.05, 3.63) is 46.4 Å². The van der Waals surface area contributed by atoms with Gasteiger partial charge in [-0.3, -0.25) is 0 Å². The van der Waals surface area contributed by atoms with Gasteiger partial charge >= 0.3 is 5.97 Å². The molecule has 5 nitrogen and oxygen atoms in total. The first-order valence-corrected chi connectivity index (χ1v) is 5.95. The van der Waals surface area contributed by atoms with Crippen molar-refractivity contribution in [3.63, 3.8) is 0 Å². The van der Waals surface area contributed by atoms with Crippen molar-refractivity contribution in [1.29, 1.82) is 0 Å². The van der Waals surface area contributed by atoms with Crippen molar-refractivity contribution in [2.24, 2.45) is 0 Å². The van der Waals surface area contributed by atoms with E-state index in [1.165, 1.54) is 6.08 Å². The molecule has 0 aromatic carbocycles. The normalized spacial score (nSPS) is 11.1. The van der Waals surface area contributed by atoms with Gasteiger partial charge in [-0.2, -0.15) is 5.10 Å². The van der Waals surface area contributed by atoms with Gasteiger partial charge in [0.1, 0.15) is 0 Å². The summed E-state index contributed by atoms with van der Waals surface area (Å²) >= 11 is 5.96. The lowest BCUT2D eigenvalue weighted by molar-refractivity contribution is -0.131. The second kappa shape index (κ2) is 5.24. The lowest BCUT2D eigenvalue weighted by atomic mass is 10.2. The van der Waals surface area contributed by atoms with Crippen molar-refractivity contribution < 1.29 is 9.90 Å². The van der Waals surface area contributed by atoms with Crippen molar-refractivity contribution in [3.8, 4) is 5.82 Å². The first-order valence-electron chi connectivity index (χ1n) is 5.57. The quantitative estimate of drug-likeness (QED) is 0.876. The van der Waals surface area contributed by atoms with E-state index in [-0.39, 0.29) is 0 Å². The van der Waals surface area contributed by atoms with Crippen LogP contribution in [0.1, 0.15) is 16.8 Å². The van der Waals surface area contributed by atoms with Gasteiger partial charge in [0.15, 0.2) is 5.82 Å². The number of halogens is 1. The molecule has 0 radical (unpaired) electrons. The molecule has 0 unspecified atom stereocenters. The Morgan fingerprint density at radius 2 is 2.21 bits per heavy atom. The van der Waals surface area contributed by atoms with Gasteiger partial charge in [-0.25, -0.2) is 14.5 Å². The highest BCUT2D eigenvalue weighted by Crippen LogP contribution is 2.18. The number of hydrogen-bond acceptors (Lipinski definition) is 3. The van der Waals surface area contributed by atoms with Crippen LogP contribution in [0.2, 0.25) is 5.02 Å². The Morgan fingerprint density at radius 1 is 1.47 bits per heavy atom. The molecule has 98 valence electrons. The second-order valence-electron chi connectivity index (χ2n) is 4.09. The van der Waals surface area contributed by atoms with Gasteiger partial charge in [-0.05, 0) is 37.1 Å². The van der Waals surface area contributed by atoms with Gasteiger partial charge in [0.05, 0.1) is 16.9 Å². The number of aromatic nitrogens is 3. The maximum atomic E-state index is 10.5. The van der Waals surface area contributed by atoms with Crippen LogP contribution in [-0.2, 0) is 4.79 Å². The Morgan fingerprint density at radius 3 is 2.74 bits per heavy atom. The van der Waals surface area contributed by atoms with Gasteiger partial charge in [0.2, 0.25) is 0 Å². The number of pyridine rings is 1. The average Bonchev–Trinajstić information content (AvgIpc) is 2.67. The van der Waals surface area contributed by atoms with E-state index in [2.05, 4.69) is 10.1 Å². The number of rotatable bonds is 3. The molecule has 0 bridgehead atoms. The van der Waals surface area contributed by atoms with Crippen molar-refractivity contribution >= 4 is 23.6 Å². The van der Waals surface area contributed by atoms with Crippen molar-refractivity contribution in [2.75, 3.05) is 0 Å². The van der Waals surface area contributed by atoms with Gasteiger partial charge in [0, 0.05) is 12.3 Å². The average molecular weight is 278 g/mol. The molecule has 1 N–H and O–H groups in total. The van der Waals surface area contributed by atoms with Crippen LogP contribution in [0.5, 0.6) is 0 Å². The van der Waals surface area contributed by atoms with Crippen LogP contribution < -0.4 is 0 Å². The molecule has 0 aliphatic rings. The van der Waals surface area contributed by atoms with Crippen LogP contribution in [0.3, 0.4) is 0 Å². The summed E-state index contributed by atoms with van der Waals surface area (Å²) in [6.45, 7) is 3.70. The minimum absolute atomic E-state index is 0.580. The van der Waals surface area contributed by atoms with E-state index in [9.17, 15) is 4.79 Å². The fourth-order valence-corrected chi connectivity index (χ4v) is 1.77. The van der Waals surface area contributed by atoms with Crippen LogP contribution in [0.25, 0.3) is 11.9 Å². The molecule has 19 heavy (non-hydrogen) atoms. The van der Waals surface area contributed by atoms with E-state index in [0.29, 0.717) is 10.8 Å². The molecule has 0 fully saturated rings. The number of nitrogens with zero attached hydrogens (tertiary/aromatic N) is 3. The van der Waals surface area contributed by atoms with E-state index < -0.39 is 5.97 Å². The van der Waals surface area contributed by atoms with E-state index in [1.807, 2.05) is 19.9 Å². The molecular formula is C13H12ClN3O2. The zero-order valence-electron chi connectivity index (χ0n) is 10.5. The third-order valence-corrected chi connectivity index (χ3v) is 2.92. The summed E-state index contributed by atoms with van der Waals surface area (Å²) in [7, 11) is 0. The Kier molecular flexibility index (Phi) is 3.66. The summed E-state index contributed by atoms with van der Waals surface area (Å²) < 4.78 is 1.61. The number of carbonyl (C=O) groups is 1. The molecule has 0 saturated carbocycles. The van der Waals surface area contributed by atoms with Gasteiger partial charge in [-0.15, -0.1) is 0 Å². The minimum Gasteiger partial charge on any atom is -0.478 e. The Labute approximate surface area is 115 Å². The molecule has 0 aliphatic carbocycles. The maximum absolute atomic E-state index is 10.5. The van der Waals surface area contributed by atoms with E-state index in [0.717, 1.165) is 22.9 Å². The molecule has 0 aliphatic heterocycles. The lowest BCUT2D eigenvalue weighted by Crippen LogP contribution is -2.01. The van der Waals surface area contributed by atoms with Crippen molar-refractivity contribution in [2.45, 2.75) is 13.8 Å². The Hall–Kier alpha value is -2.14. The predicted octanol–water partition coefficient (Wildman–Crippen LogP) is 2.64. The topological polar surface area (TPSA) is 68.0 Å². The molecule has 0 amide bonds. The summed E-state index contributed by atoms with van der Waals surface area (Å²) in [4.78, 5) is 14.7. The van der Waals surface area contributed by atoms with Gasteiger partial charge < -0.3 is 5.11 Å². The summed E-state index contributed by atoms with van der Waals surface area (Å²) in [6.07, 6.45) is 5.85. The summed E-state index contributed by atoms with van der Waals surface area (Å²) in [5.74, 6) is -0.321. The third-order valence-electron chi connectivity index (χ3n) is 2.55. The molecule has 6 heteroatoms. The van der Waals surface area contributed by atoms with Crippen LogP contribution in [0.15, 0.2) is 24.5 Å². The molecule has 2 aromatic rings. The third kappa shape index (κ3) is 3.00. The maximum Gasteiger partial charge on any atom is 0.328 e. The molecule has 2 heterocycles. The smallest absolute Gasteiger partial charge is 0.328 e. The molecule has 0 atom stereocenters. The minimum atomic E-state index is -0.990. The zero-order chi connectivity index (χ0) is 14.0. The van der Waals surface area contributed by atoms with Crippen LogP contribution >= 0.6 is 11.6 Å². The van der Waals surface area contributed by atoms with Crippen LogP contribution in [-0.4, -0.2) is 25.8 Å². The number of aryl methyl sites for hydroxylation is 2. The molecule has 0 saturated heterocycles. The van der Waals surface area contributed by atoms with E-state index in [4.69, 9.17) is 16.7 Å². The number of carboxylic acid groups (broad SMARTS) is 1. The molecular weight excluding hydrogens is 266 g/mol.